The Balaban J connectivity index is 1.69. The smallest absolute Gasteiger partial charge is 0.235 e. The van der Waals surface area contributed by atoms with Crippen LogP contribution in [0.4, 0.5) is 0 Å². The summed E-state index contributed by atoms with van der Waals surface area (Å²) in [5.41, 5.74) is 2.93. The molecule has 5 heteroatoms. The second kappa shape index (κ2) is 6.18. The molecule has 0 saturated carbocycles. The normalized spacial score (nSPS) is 15.5. The molecule has 1 aromatic heterocycles. The number of nitrogens with zero attached hydrogens (tertiary/aromatic N) is 3. The minimum atomic E-state index is 0.651. The van der Waals surface area contributed by atoms with Crippen LogP contribution in [0, 0.1) is 6.92 Å². The van der Waals surface area contributed by atoms with Crippen molar-refractivity contribution >= 4 is 0 Å². The molecule has 0 atom stereocenters. The molecular formula is C16H22N4O. The van der Waals surface area contributed by atoms with E-state index >= 15 is 0 Å². The Morgan fingerprint density at radius 2 is 1.90 bits per heavy atom. The van der Waals surface area contributed by atoms with E-state index < -0.39 is 0 Å². The monoisotopic (exact) mass is 286 g/mol. The lowest BCUT2D eigenvalue weighted by Crippen LogP contribution is -2.26. The predicted octanol–water partition coefficient (Wildman–Crippen LogP) is 2.05. The Bertz CT molecular complexity index is 588. The second-order valence-electron chi connectivity index (χ2n) is 5.49. The van der Waals surface area contributed by atoms with Crippen LogP contribution in [0.25, 0.3) is 11.3 Å². The van der Waals surface area contributed by atoms with Crippen LogP contribution in [-0.4, -0.2) is 41.0 Å². The average molecular weight is 286 g/mol. The number of aromatic nitrogens is 2. The number of hydrogen-bond donors (Lipinski definition) is 1. The van der Waals surface area contributed by atoms with Gasteiger partial charge < -0.3 is 10.6 Å². The van der Waals surface area contributed by atoms with Crippen LogP contribution in [-0.2, 0) is 0 Å². The van der Waals surface area contributed by atoms with E-state index in [0.717, 1.165) is 23.4 Å². The molecular weight excluding hydrogens is 264 g/mol. The molecule has 21 heavy (non-hydrogen) atoms. The number of rotatable bonds is 5. The van der Waals surface area contributed by atoms with E-state index in [2.05, 4.69) is 10.00 Å². The third-order valence-corrected chi connectivity index (χ3v) is 3.98. The first-order valence-corrected chi connectivity index (χ1v) is 7.51. The second-order valence-corrected chi connectivity index (χ2v) is 5.49. The zero-order valence-electron chi connectivity index (χ0n) is 12.5. The number of ether oxygens (including phenoxy) is 1. The highest BCUT2D eigenvalue weighted by Gasteiger charge is 2.17. The van der Waals surface area contributed by atoms with Crippen LogP contribution >= 0.6 is 0 Å². The SMILES string of the molecule is Cc1c(-c2ccccc2)nn(N)c1OCCN1CCCC1. The minimum absolute atomic E-state index is 0.651. The van der Waals surface area contributed by atoms with Gasteiger partial charge >= 0.3 is 0 Å². The zero-order valence-corrected chi connectivity index (χ0v) is 12.5. The van der Waals surface area contributed by atoms with Crippen LogP contribution in [0.2, 0.25) is 0 Å². The molecule has 1 aliphatic rings. The standard InChI is InChI=1S/C16H22N4O/c1-13-15(14-7-3-2-4-8-14)18-20(17)16(13)21-12-11-19-9-5-6-10-19/h2-4,7-8H,5-6,9-12,17H2,1H3. The maximum Gasteiger partial charge on any atom is 0.235 e. The Kier molecular flexibility index (Phi) is 4.10. The highest BCUT2D eigenvalue weighted by atomic mass is 16.5. The van der Waals surface area contributed by atoms with E-state index in [0.29, 0.717) is 12.5 Å². The third-order valence-electron chi connectivity index (χ3n) is 3.98. The molecule has 0 radical (unpaired) electrons. The lowest BCUT2D eigenvalue weighted by molar-refractivity contribution is 0.225. The average Bonchev–Trinajstić information content (AvgIpc) is 3.11. The summed E-state index contributed by atoms with van der Waals surface area (Å²) in [5, 5.41) is 4.39. The van der Waals surface area contributed by atoms with Gasteiger partial charge in [-0.2, -0.15) is 0 Å². The first kappa shape index (κ1) is 13.9. The molecule has 0 unspecified atom stereocenters. The van der Waals surface area contributed by atoms with Gasteiger partial charge in [-0.25, -0.2) is 0 Å². The van der Waals surface area contributed by atoms with Gasteiger partial charge in [-0.3, -0.25) is 4.90 Å². The quantitative estimate of drug-likeness (QED) is 0.855. The number of benzene rings is 1. The first-order chi connectivity index (χ1) is 10.3. The van der Waals surface area contributed by atoms with Gasteiger partial charge in [0.05, 0.1) is 0 Å². The van der Waals surface area contributed by atoms with Gasteiger partial charge in [0.1, 0.15) is 12.3 Å². The fourth-order valence-corrected chi connectivity index (χ4v) is 2.82. The van der Waals surface area contributed by atoms with Crippen molar-refractivity contribution in [2.45, 2.75) is 19.8 Å². The van der Waals surface area contributed by atoms with Crippen molar-refractivity contribution in [3.05, 3.63) is 35.9 Å². The summed E-state index contributed by atoms with van der Waals surface area (Å²) in [6, 6.07) is 10.1. The maximum atomic E-state index is 5.94. The van der Waals surface area contributed by atoms with E-state index in [9.17, 15) is 0 Å². The molecule has 1 saturated heterocycles. The Hall–Kier alpha value is -2.01. The molecule has 1 aromatic carbocycles. The summed E-state index contributed by atoms with van der Waals surface area (Å²) in [5.74, 6) is 6.60. The van der Waals surface area contributed by atoms with Crippen molar-refractivity contribution in [3.8, 4) is 17.1 Å². The molecule has 2 aromatic rings. The van der Waals surface area contributed by atoms with Crippen LogP contribution in [0.15, 0.2) is 30.3 Å². The van der Waals surface area contributed by atoms with Crippen molar-refractivity contribution in [3.63, 3.8) is 0 Å². The lowest BCUT2D eigenvalue weighted by atomic mass is 10.1. The van der Waals surface area contributed by atoms with Crippen molar-refractivity contribution in [2.75, 3.05) is 32.1 Å². The van der Waals surface area contributed by atoms with E-state index in [4.69, 9.17) is 10.6 Å². The third kappa shape index (κ3) is 3.03. The van der Waals surface area contributed by atoms with E-state index in [1.807, 2.05) is 37.3 Å². The Morgan fingerprint density at radius 1 is 1.19 bits per heavy atom. The largest absolute Gasteiger partial charge is 0.475 e. The molecule has 0 spiro atoms. The summed E-state index contributed by atoms with van der Waals surface area (Å²) < 4.78 is 5.87. The first-order valence-electron chi connectivity index (χ1n) is 7.51. The van der Waals surface area contributed by atoms with Crippen molar-refractivity contribution < 1.29 is 4.74 Å². The van der Waals surface area contributed by atoms with Crippen LogP contribution in [0.1, 0.15) is 18.4 Å². The summed E-state index contributed by atoms with van der Waals surface area (Å²) in [6.07, 6.45) is 2.60. The molecule has 3 rings (SSSR count). The number of nitrogens with two attached hydrogens (primary N) is 1. The molecule has 2 heterocycles. The highest BCUT2D eigenvalue weighted by Crippen LogP contribution is 2.28. The topological polar surface area (TPSA) is 56.3 Å². The van der Waals surface area contributed by atoms with Gasteiger partial charge in [0.25, 0.3) is 0 Å². The summed E-state index contributed by atoms with van der Waals surface area (Å²) in [7, 11) is 0. The molecule has 1 aliphatic heterocycles. The molecule has 112 valence electrons. The van der Waals surface area contributed by atoms with Crippen molar-refractivity contribution in [1.82, 2.24) is 14.8 Å². The van der Waals surface area contributed by atoms with E-state index in [1.165, 1.54) is 30.7 Å². The Labute approximate surface area is 125 Å². The van der Waals surface area contributed by atoms with Crippen LogP contribution in [0.5, 0.6) is 5.88 Å². The molecule has 0 amide bonds. The number of likely N-dealkylation sites (tertiary alicyclic amines) is 1. The van der Waals surface area contributed by atoms with E-state index in [-0.39, 0.29) is 0 Å². The molecule has 0 aliphatic carbocycles. The fourth-order valence-electron chi connectivity index (χ4n) is 2.82. The summed E-state index contributed by atoms with van der Waals surface area (Å²) in [6.45, 7) is 5.96. The predicted molar refractivity (Wildman–Crippen MR) is 83.7 cm³/mol. The van der Waals surface area contributed by atoms with Crippen LogP contribution < -0.4 is 10.6 Å². The van der Waals surface area contributed by atoms with Gasteiger partial charge in [0.15, 0.2) is 0 Å². The Morgan fingerprint density at radius 3 is 2.62 bits per heavy atom. The highest BCUT2D eigenvalue weighted by molar-refractivity contribution is 5.64. The summed E-state index contributed by atoms with van der Waals surface area (Å²) in [4.78, 5) is 3.77. The van der Waals surface area contributed by atoms with Gasteiger partial charge in [0, 0.05) is 17.7 Å². The number of nitrogen functional groups attached to an aromatic ring is 1. The molecule has 5 nitrogen and oxygen atoms in total. The molecule has 1 fully saturated rings. The minimum Gasteiger partial charge on any atom is -0.475 e. The van der Waals surface area contributed by atoms with Crippen molar-refractivity contribution in [2.24, 2.45) is 0 Å². The lowest BCUT2D eigenvalue weighted by Gasteiger charge is -2.15. The van der Waals surface area contributed by atoms with Crippen LogP contribution in [0.3, 0.4) is 0 Å². The van der Waals surface area contributed by atoms with Crippen molar-refractivity contribution in [1.29, 1.82) is 0 Å². The van der Waals surface area contributed by atoms with Gasteiger partial charge in [0.2, 0.25) is 5.88 Å². The van der Waals surface area contributed by atoms with Gasteiger partial charge in [-0.1, -0.05) is 30.3 Å². The fraction of sp³-hybridized carbons (Fsp3) is 0.438. The zero-order chi connectivity index (χ0) is 14.7. The van der Waals surface area contributed by atoms with E-state index in [1.54, 1.807) is 0 Å². The maximum absolute atomic E-state index is 5.94. The summed E-state index contributed by atoms with van der Waals surface area (Å²) >= 11 is 0. The van der Waals surface area contributed by atoms with Gasteiger partial charge in [-0.15, -0.1) is 9.89 Å². The number of hydrogen-bond acceptors (Lipinski definition) is 4. The molecule has 2 N–H and O–H groups in total. The molecule has 0 bridgehead atoms. The van der Waals surface area contributed by atoms with Gasteiger partial charge in [-0.05, 0) is 32.9 Å².